The number of benzene rings is 2. The van der Waals surface area contributed by atoms with Crippen molar-refractivity contribution < 1.29 is 18.7 Å². The fourth-order valence-electron chi connectivity index (χ4n) is 4.02. The van der Waals surface area contributed by atoms with E-state index in [1.54, 1.807) is 4.68 Å². The molecule has 2 unspecified atom stereocenters. The van der Waals surface area contributed by atoms with Crippen LogP contribution in [0.15, 0.2) is 42.7 Å². The van der Waals surface area contributed by atoms with E-state index in [1.165, 1.54) is 25.4 Å². The van der Waals surface area contributed by atoms with Gasteiger partial charge in [-0.1, -0.05) is 32.9 Å². The van der Waals surface area contributed by atoms with E-state index >= 15 is 0 Å². The lowest BCUT2D eigenvalue weighted by Gasteiger charge is -2.25. The lowest BCUT2D eigenvalue weighted by atomic mass is 9.87. The van der Waals surface area contributed by atoms with E-state index in [2.05, 4.69) is 53.0 Å². The summed E-state index contributed by atoms with van der Waals surface area (Å²) < 4.78 is 28.8. The zero-order valence-electron chi connectivity index (χ0n) is 20.4. The average Bonchev–Trinajstić information content (AvgIpc) is 3.26. The molecule has 3 aromatic rings. The fourth-order valence-corrected chi connectivity index (χ4v) is 4.02. The summed E-state index contributed by atoms with van der Waals surface area (Å²) >= 11 is 0. The van der Waals surface area contributed by atoms with Crippen LogP contribution in [0.3, 0.4) is 0 Å². The molecule has 2 aromatic carbocycles. The third-order valence-electron chi connectivity index (χ3n) is 5.37. The predicted octanol–water partition coefficient (Wildman–Crippen LogP) is 2.73. The standard InChI is InChI=1S/C25H32F2N6O2/c1-16(34)30-22(10-18-8-20(26)11-21(27)9-18)24(35)14-28-13-19-7-17(12-25(2,3)4)5-6-23(19)33-15-29-31-32-33/h5-9,11,15,22,24,28,35H,10,12-14H2,1-4H3,(H,30,34). The van der Waals surface area contributed by atoms with Gasteiger partial charge in [0, 0.05) is 26.1 Å². The molecular weight excluding hydrogens is 454 g/mol. The molecule has 0 fully saturated rings. The van der Waals surface area contributed by atoms with Crippen molar-refractivity contribution in [3.63, 3.8) is 0 Å². The first-order valence-electron chi connectivity index (χ1n) is 11.5. The van der Waals surface area contributed by atoms with Gasteiger partial charge in [0.1, 0.15) is 18.0 Å². The van der Waals surface area contributed by atoms with Crippen LogP contribution in [0.4, 0.5) is 8.78 Å². The number of hydrogen-bond donors (Lipinski definition) is 3. The molecule has 1 amide bonds. The number of carbonyl (C=O) groups excluding carboxylic acids is 1. The van der Waals surface area contributed by atoms with E-state index in [1.807, 2.05) is 12.1 Å². The second-order valence-corrected chi connectivity index (χ2v) is 9.94. The van der Waals surface area contributed by atoms with Crippen LogP contribution in [0.1, 0.15) is 44.4 Å². The number of aromatic nitrogens is 4. The van der Waals surface area contributed by atoms with Gasteiger partial charge < -0.3 is 15.7 Å². The highest BCUT2D eigenvalue weighted by molar-refractivity contribution is 5.73. The quantitative estimate of drug-likeness (QED) is 0.407. The van der Waals surface area contributed by atoms with E-state index in [-0.39, 0.29) is 24.3 Å². The second-order valence-electron chi connectivity index (χ2n) is 9.94. The predicted molar refractivity (Wildman–Crippen MR) is 128 cm³/mol. The van der Waals surface area contributed by atoms with Crippen LogP contribution in [-0.4, -0.2) is 49.9 Å². The molecule has 0 aliphatic carbocycles. The molecule has 0 radical (unpaired) electrons. The third kappa shape index (κ3) is 8.18. The zero-order chi connectivity index (χ0) is 25.6. The smallest absolute Gasteiger partial charge is 0.217 e. The van der Waals surface area contributed by atoms with Gasteiger partial charge in [-0.05, 0) is 63.6 Å². The van der Waals surface area contributed by atoms with E-state index in [0.717, 1.165) is 29.3 Å². The van der Waals surface area contributed by atoms with E-state index < -0.39 is 23.8 Å². The van der Waals surface area contributed by atoms with Crippen LogP contribution in [0.5, 0.6) is 0 Å². The summed E-state index contributed by atoms with van der Waals surface area (Å²) in [5.41, 5.74) is 3.36. The molecule has 1 aromatic heterocycles. The number of amides is 1. The number of aliphatic hydroxyl groups excluding tert-OH is 1. The zero-order valence-corrected chi connectivity index (χ0v) is 20.4. The molecule has 10 heteroatoms. The molecule has 3 N–H and O–H groups in total. The number of nitrogens with one attached hydrogen (secondary N) is 2. The van der Waals surface area contributed by atoms with Crippen molar-refractivity contribution >= 4 is 5.91 Å². The van der Waals surface area contributed by atoms with E-state index in [4.69, 9.17) is 0 Å². The molecule has 0 saturated carbocycles. The molecule has 3 rings (SSSR count). The first kappa shape index (κ1) is 26.4. The number of halogens is 2. The van der Waals surface area contributed by atoms with Crippen molar-refractivity contribution in [2.75, 3.05) is 6.54 Å². The van der Waals surface area contributed by atoms with Crippen LogP contribution in [0.2, 0.25) is 0 Å². The lowest BCUT2D eigenvalue weighted by molar-refractivity contribution is -0.120. The van der Waals surface area contributed by atoms with Gasteiger partial charge in [0.2, 0.25) is 5.91 Å². The summed E-state index contributed by atoms with van der Waals surface area (Å²) in [5, 5.41) is 28.1. The maximum Gasteiger partial charge on any atom is 0.217 e. The first-order chi connectivity index (χ1) is 16.5. The molecule has 0 spiro atoms. The number of tetrazole rings is 1. The summed E-state index contributed by atoms with van der Waals surface area (Å²) in [4.78, 5) is 11.7. The summed E-state index contributed by atoms with van der Waals surface area (Å²) in [6, 6.07) is 8.53. The van der Waals surface area contributed by atoms with Crippen LogP contribution in [0, 0.1) is 17.0 Å². The van der Waals surface area contributed by atoms with Gasteiger partial charge in [-0.3, -0.25) is 4.79 Å². The largest absolute Gasteiger partial charge is 0.390 e. The van der Waals surface area contributed by atoms with Crippen molar-refractivity contribution in [3.8, 4) is 5.69 Å². The van der Waals surface area contributed by atoms with Gasteiger partial charge in [0.05, 0.1) is 17.8 Å². The highest BCUT2D eigenvalue weighted by Gasteiger charge is 2.22. The van der Waals surface area contributed by atoms with Crippen molar-refractivity contribution in [3.05, 3.63) is 71.1 Å². The normalized spacial score (nSPS) is 13.5. The van der Waals surface area contributed by atoms with Crippen molar-refractivity contribution in [2.45, 2.75) is 59.2 Å². The van der Waals surface area contributed by atoms with Crippen LogP contribution < -0.4 is 10.6 Å². The van der Waals surface area contributed by atoms with Crippen LogP contribution in [0.25, 0.3) is 5.69 Å². The highest BCUT2D eigenvalue weighted by atomic mass is 19.1. The Balaban J connectivity index is 1.72. The number of carbonyl (C=O) groups is 1. The van der Waals surface area contributed by atoms with Crippen molar-refractivity contribution in [1.82, 2.24) is 30.8 Å². The molecule has 0 aliphatic heterocycles. The molecule has 2 atom stereocenters. The number of rotatable bonds is 10. The van der Waals surface area contributed by atoms with Gasteiger partial charge in [0.15, 0.2) is 0 Å². The Bertz CT molecular complexity index is 1110. The average molecular weight is 487 g/mol. The number of aliphatic hydroxyl groups is 1. The Kier molecular flexibility index (Phi) is 8.63. The second kappa shape index (κ2) is 11.5. The Hall–Kier alpha value is -3.24. The molecule has 188 valence electrons. The van der Waals surface area contributed by atoms with Crippen LogP contribution in [-0.2, 0) is 24.2 Å². The SMILES string of the molecule is CC(=O)NC(Cc1cc(F)cc(F)c1)C(O)CNCc1cc(CC(C)(C)C)ccc1-n1cnnn1. The van der Waals surface area contributed by atoms with E-state index in [9.17, 15) is 18.7 Å². The lowest BCUT2D eigenvalue weighted by Crippen LogP contribution is -2.48. The fraction of sp³-hybridized carbons (Fsp3) is 0.440. The summed E-state index contributed by atoms with van der Waals surface area (Å²) in [5.74, 6) is -1.76. The third-order valence-corrected chi connectivity index (χ3v) is 5.37. The van der Waals surface area contributed by atoms with Crippen molar-refractivity contribution in [1.29, 1.82) is 0 Å². The minimum Gasteiger partial charge on any atom is -0.390 e. The van der Waals surface area contributed by atoms with Gasteiger partial charge >= 0.3 is 0 Å². The van der Waals surface area contributed by atoms with Gasteiger partial charge in [-0.25, -0.2) is 13.5 Å². The molecule has 1 heterocycles. The van der Waals surface area contributed by atoms with Gasteiger partial charge in [0.25, 0.3) is 0 Å². The Morgan fingerprint density at radius 1 is 1.11 bits per heavy atom. The molecule has 35 heavy (non-hydrogen) atoms. The topological polar surface area (TPSA) is 105 Å². The maximum atomic E-state index is 13.6. The molecule has 0 bridgehead atoms. The summed E-state index contributed by atoms with van der Waals surface area (Å²) in [7, 11) is 0. The molecule has 0 aliphatic rings. The summed E-state index contributed by atoms with van der Waals surface area (Å²) in [6.45, 7) is 8.39. The Morgan fingerprint density at radius 3 is 2.43 bits per heavy atom. The molecular formula is C25H32F2N6O2. The Labute approximate surface area is 203 Å². The molecule has 0 saturated heterocycles. The molecule has 8 nitrogen and oxygen atoms in total. The van der Waals surface area contributed by atoms with Crippen molar-refractivity contribution in [2.24, 2.45) is 5.41 Å². The number of hydrogen-bond acceptors (Lipinski definition) is 6. The van der Waals surface area contributed by atoms with Gasteiger partial charge in [-0.2, -0.15) is 0 Å². The summed E-state index contributed by atoms with van der Waals surface area (Å²) in [6.07, 6.45) is 1.48. The minimum absolute atomic E-state index is 0.0774. The maximum absolute atomic E-state index is 13.6. The monoisotopic (exact) mass is 486 g/mol. The highest BCUT2D eigenvalue weighted by Crippen LogP contribution is 2.24. The van der Waals surface area contributed by atoms with Crippen LogP contribution >= 0.6 is 0 Å². The first-order valence-corrected chi connectivity index (χ1v) is 11.5. The minimum atomic E-state index is -1.00. The number of nitrogens with zero attached hydrogens (tertiary/aromatic N) is 4. The van der Waals surface area contributed by atoms with Gasteiger partial charge in [-0.15, -0.1) is 5.10 Å². The van der Waals surface area contributed by atoms with E-state index in [0.29, 0.717) is 12.1 Å². The Morgan fingerprint density at radius 2 is 1.83 bits per heavy atom.